The topological polar surface area (TPSA) is 26.0 Å². The summed E-state index contributed by atoms with van der Waals surface area (Å²) < 4.78 is 0.751. The molecule has 0 aromatic rings. The molecule has 0 saturated heterocycles. The Morgan fingerprint density at radius 2 is 1.88 bits per heavy atom. The summed E-state index contributed by atoms with van der Waals surface area (Å²) in [4.78, 5) is 0. The number of rotatable bonds is 0. The molecule has 1 saturated carbocycles. The van der Waals surface area contributed by atoms with Crippen molar-refractivity contribution in [2.45, 2.75) is 35.6 Å². The first kappa shape index (κ1) is 6.81. The Labute approximate surface area is 64.2 Å². The molecule has 2 heteroatoms. The number of hydrogen-bond acceptors (Lipinski definition) is 1. The molecule has 0 unspecified atom stereocenters. The van der Waals surface area contributed by atoms with Gasteiger partial charge in [0.2, 0.25) is 0 Å². The minimum absolute atomic E-state index is 0.490. The van der Waals surface area contributed by atoms with E-state index >= 15 is 0 Å². The molecule has 48 valence electrons. The van der Waals surface area contributed by atoms with Crippen LogP contribution in [0, 0.1) is 0 Å². The van der Waals surface area contributed by atoms with Gasteiger partial charge in [0.25, 0.3) is 0 Å². The normalized spacial score (nSPS) is 39.8. The first-order chi connectivity index (χ1) is 3.80. The van der Waals surface area contributed by atoms with Crippen molar-refractivity contribution < 1.29 is 0 Å². The summed E-state index contributed by atoms with van der Waals surface area (Å²) in [5, 5.41) is 0. The highest BCUT2D eigenvalue weighted by atomic mass is 127. The van der Waals surface area contributed by atoms with Gasteiger partial charge < -0.3 is 5.73 Å². The van der Waals surface area contributed by atoms with Crippen LogP contribution in [0.1, 0.15) is 25.7 Å². The lowest BCUT2D eigenvalue weighted by molar-refractivity contribution is 0.465. The first-order valence-electron chi connectivity index (χ1n) is 3.20. The van der Waals surface area contributed by atoms with Crippen LogP contribution in [0.5, 0.6) is 0 Å². The van der Waals surface area contributed by atoms with E-state index in [9.17, 15) is 0 Å². The fraction of sp³-hybridized carbons (Fsp3) is 1.00. The zero-order valence-corrected chi connectivity index (χ0v) is 7.10. The molecule has 0 aliphatic heterocycles. The maximum atomic E-state index is 5.77. The van der Waals surface area contributed by atoms with Crippen LogP contribution in [-0.4, -0.2) is 9.97 Å². The largest absolute Gasteiger partial charge is 0.327 e. The van der Waals surface area contributed by atoms with Crippen molar-refractivity contribution in [3.63, 3.8) is 0 Å². The standard InChI is InChI=1S/C6H12IN/c7-5-3-1-2-4-6(5)8/h5-6H,1-4,8H2/t5-,6+/m1/s1. The second-order valence-electron chi connectivity index (χ2n) is 2.46. The van der Waals surface area contributed by atoms with Gasteiger partial charge in [-0.05, 0) is 12.8 Å². The van der Waals surface area contributed by atoms with Crippen molar-refractivity contribution in [3.05, 3.63) is 0 Å². The lowest BCUT2D eigenvalue weighted by Crippen LogP contribution is -2.33. The number of halogens is 1. The molecule has 0 spiro atoms. The van der Waals surface area contributed by atoms with E-state index < -0.39 is 0 Å². The third kappa shape index (κ3) is 1.58. The Hall–Kier alpha value is 0.690. The first-order valence-corrected chi connectivity index (χ1v) is 4.45. The summed E-state index contributed by atoms with van der Waals surface area (Å²) >= 11 is 2.46. The maximum absolute atomic E-state index is 5.77. The number of nitrogens with two attached hydrogens (primary N) is 1. The number of alkyl halides is 1. The highest BCUT2D eigenvalue weighted by Crippen LogP contribution is 2.22. The van der Waals surface area contributed by atoms with Crippen LogP contribution in [-0.2, 0) is 0 Å². The molecule has 0 aromatic carbocycles. The minimum Gasteiger partial charge on any atom is -0.327 e. The van der Waals surface area contributed by atoms with Gasteiger partial charge in [0, 0.05) is 9.97 Å². The molecule has 1 aliphatic carbocycles. The van der Waals surface area contributed by atoms with Gasteiger partial charge in [0.1, 0.15) is 0 Å². The highest BCUT2D eigenvalue weighted by molar-refractivity contribution is 14.1. The summed E-state index contributed by atoms with van der Waals surface area (Å²) in [7, 11) is 0. The average molecular weight is 225 g/mol. The fourth-order valence-corrected chi connectivity index (χ4v) is 1.91. The lowest BCUT2D eigenvalue weighted by Gasteiger charge is -2.22. The Morgan fingerprint density at radius 3 is 2.25 bits per heavy atom. The van der Waals surface area contributed by atoms with E-state index in [0.29, 0.717) is 6.04 Å². The van der Waals surface area contributed by atoms with Crippen LogP contribution in [0.3, 0.4) is 0 Å². The number of hydrogen-bond donors (Lipinski definition) is 1. The molecule has 0 bridgehead atoms. The summed E-state index contributed by atoms with van der Waals surface area (Å²) in [6.45, 7) is 0. The lowest BCUT2D eigenvalue weighted by atomic mass is 9.96. The SMILES string of the molecule is N[C@H]1CCCC[C@H]1I. The summed E-state index contributed by atoms with van der Waals surface area (Å²) in [6.07, 6.45) is 5.32. The quantitative estimate of drug-likeness (QED) is 0.492. The van der Waals surface area contributed by atoms with Crippen LogP contribution < -0.4 is 5.73 Å². The van der Waals surface area contributed by atoms with Gasteiger partial charge in [0.05, 0.1) is 0 Å². The molecule has 0 radical (unpaired) electrons. The van der Waals surface area contributed by atoms with Gasteiger partial charge in [-0.15, -0.1) is 0 Å². The van der Waals surface area contributed by atoms with Gasteiger partial charge in [-0.2, -0.15) is 0 Å². The van der Waals surface area contributed by atoms with Crippen molar-refractivity contribution in [2.24, 2.45) is 5.73 Å². The molecule has 0 aromatic heterocycles. The van der Waals surface area contributed by atoms with E-state index in [-0.39, 0.29) is 0 Å². The third-order valence-corrected chi connectivity index (χ3v) is 3.28. The molecule has 1 rings (SSSR count). The highest BCUT2D eigenvalue weighted by Gasteiger charge is 2.17. The monoisotopic (exact) mass is 225 g/mol. The van der Waals surface area contributed by atoms with Crippen molar-refractivity contribution in [3.8, 4) is 0 Å². The molecule has 1 nitrogen and oxygen atoms in total. The van der Waals surface area contributed by atoms with Crippen molar-refractivity contribution in [2.75, 3.05) is 0 Å². The Kier molecular flexibility index (Phi) is 2.56. The predicted octanol–water partition coefficient (Wildman–Crippen LogP) is 1.69. The van der Waals surface area contributed by atoms with E-state index in [1.807, 2.05) is 0 Å². The van der Waals surface area contributed by atoms with Crippen LogP contribution in [0.4, 0.5) is 0 Å². The molecule has 2 N–H and O–H groups in total. The van der Waals surface area contributed by atoms with Crippen molar-refractivity contribution in [1.82, 2.24) is 0 Å². The molecule has 1 aliphatic rings. The zero-order valence-electron chi connectivity index (χ0n) is 4.94. The molecule has 0 heterocycles. The molecular weight excluding hydrogens is 213 g/mol. The van der Waals surface area contributed by atoms with Crippen molar-refractivity contribution in [1.29, 1.82) is 0 Å². The van der Waals surface area contributed by atoms with Crippen LogP contribution in [0.15, 0.2) is 0 Å². The van der Waals surface area contributed by atoms with E-state index in [2.05, 4.69) is 22.6 Å². The average Bonchev–Trinajstić information content (AvgIpc) is 1.77. The summed E-state index contributed by atoms with van der Waals surface area (Å²) in [5.74, 6) is 0. The molecular formula is C6H12IN. The smallest absolute Gasteiger partial charge is 0.0261 e. The van der Waals surface area contributed by atoms with Crippen LogP contribution in [0.2, 0.25) is 0 Å². The van der Waals surface area contributed by atoms with E-state index in [1.165, 1.54) is 25.7 Å². The van der Waals surface area contributed by atoms with Crippen LogP contribution >= 0.6 is 22.6 Å². The molecule has 2 atom stereocenters. The fourth-order valence-electron chi connectivity index (χ4n) is 1.11. The van der Waals surface area contributed by atoms with Gasteiger partial charge in [0.15, 0.2) is 0 Å². The van der Waals surface area contributed by atoms with E-state index in [1.54, 1.807) is 0 Å². The Bertz CT molecular complexity index is 64.9. The third-order valence-electron chi connectivity index (χ3n) is 1.73. The van der Waals surface area contributed by atoms with Gasteiger partial charge >= 0.3 is 0 Å². The van der Waals surface area contributed by atoms with Crippen molar-refractivity contribution >= 4 is 22.6 Å². The second kappa shape index (κ2) is 3.01. The minimum atomic E-state index is 0.490. The zero-order chi connectivity index (χ0) is 5.98. The van der Waals surface area contributed by atoms with E-state index in [0.717, 1.165) is 3.92 Å². The van der Waals surface area contributed by atoms with E-state index in [4.69, 9.17) is 5.73 Å². The predicted molar refractivity (Wildman–Crippen MR) is 44.3 cm³/mol. The summed E-state index contributed by atoms with van der Waals surface area (Å²) in [5.41, 5.74) is 5.77. The Morgan fingerprint density at radius 1 is 1.25 bits per heavy atom. The maximum Gasteiger partial charge on any atom is 0.0261 e. The van der Waals surface area contributed by atoms with Gasteiger partial charge in [-0.1, -0.05) is 35.4 Å². The molecule has 8 heavy (non-hydrogen) atoms. The molecule has 0 amide bonds. The Balaban J connectivity index is 2.28. The van der Waals surface area contributed by atoms with Gasteiger partial charge in [-0.3, -0.25) is 0 Å². The van der Waals surface area contributed by atoms with Gasteiger partial charge in [-0.25, -0.2) is 0 Å². The molecule has 1 fully saturated rings. The van der Waals surface area contributed by atoms with Crippen LogP contribution in [0.25, 0.3) is 0 Å². The summed E-state index contributed by atoms with van der Waals surface area (Å²) in [6, 6.07) is 0.490. The second-order valence-corrected chi connectivity index (χ2v) is 4.06.